The number of hydrogen-bond donors (Lipinski definition) is 1. The Bertz CT molecular complexity index is 379. The highest BCUT2D eigenvalue weighted by Crippen LogP contribution is 2.38. The molecule has 1 saturated heterocycles. The maximum absolute atomic E-state index is 5.71. The molecule has 0 spiro atoms. The van der Waals surface area contributed by atoms with Crippen molar-refractivity contribution < 1.29 is 4.74 Å². The van der Waals surface area contributed by atoms with E-state index in [4.69, 9.17) is 4.74 Å². The molecule has 1 aromatic heterocycles. The highest BCUT2D eigenvalue weighted by molar-refractivity contribution is 9.11. The van der Waals surface area contributed by atoms with Crippen LogP contribution in [0.2, 0.25) is 0 Å². The van der Waals surface area contributed by atoms with Gasteiger partial charge in [-0.2, -0.15) is 0 Å². The molecule has 0 aromatic carbocycles. The maximum Gasteiger partial charge on any atom is 0.0704 e. The molecule has 3 unspecified atom stereocenters. The van der Waals surface area contributed by atoms with Crippen LogP contribution in [0.1, 0.15) is 36.8 Å². The lowest BCUT2D eigenvalue weighted by Gasteiger charge is -2.26. The van der Waals surface area contributed by atoms with Crippen molar-refractivity contribution in [1.82, 2.24) is 5.32 Å². The number of ether oxygens (including phenoxy) is 1. The molecule has 1 aliphatic heterocycles. The lowest BCUT2D eigenvalue weighted by atomic mass is 9.88. The van der Waals surface area contributed by atoms with E-state index in [-0.39, 0.29) is 0 Å². The smallest absolute Gasteiger partial charge is 0.0704 e. The normalized spacial score (nSPS) is 26.4. The van der Waals surface area contributed by atoms with Crippen LogP contribution in [0.4, 0.5) is 0 Å². The van der Waals surface area contributed by atoms with Gasteiger partial charge in [0.2, 0.25) is 0 Å². The Hall–Kier alpha value is 0.1000. The molecule has 1 fully saturated rings. The number of nitrogens with one attached hydrogen (secondary N) is 1. The molecule has 1 aromatic rings. The molecule has 3 atom stereocenters. The van der Waals surface area contributed by atoms with Crippen LogP contribution in [0.3, 0.4) is 0 Å². The van der Waals surface area contributed by atoms with Crippen LogP contribution in [-0.2, 0) is 4.74 Å². The third-order valence-corrected chi connectivity index (χ3v) is 5.12. The summed E-state index contributed by atoms with van der Waals surface area (Å²) in [4.78, 5) is 1.40. The highest BCUT2D eigenvalue weighted by atomic mass is 79.9. The van der Waals surface area contributed by atoms with Gasteiger partial charge >= 0.3 is 0 Å². The average Bonchev–Trinajstić information content (AvgIpc) is 2.82. The van der Waals surface area contributed by atoms with E-state index in [0.29, 0.717) is 18.1 Å². The first kappa shape index (κ1) is 13.5. The van der Waals surface area contributed by atoms with E-state index in [0.717, 1.165) is 19.6 Å². The SMILES string of the molecule is CCNC(c1cc(Br)sc1C)C1CCOC1C. The van der Waals surface area contributed by atoms with Crippen LogP contribution in [-0.4, -0.2) is 19.3 Å². The van der Waals surface area contributed by atoms with Gasteiger partial charge in [0.15, 0.2) is 0 Å². The van der Waals surface area contributed by atoms with E-state index >= 15 is 0 Å². The minimum absolute atomic E-state index is 0.358. The number of rotatable bonds is 4. The summed E-state index contributed by atoms with van der Waals surface area (Å²) in [6.07, 6.45) is 1.52. The van der Waals surface area contributed by atoms with Crippen molar-refractivity contribution in [3.8, 4) is 0 Å². The summed E-state index contributed by atoms with van der Waals surface area (Å²) in [5.74, 6) is 0.593. The maximum atomic E-state index is 5.71. The second kappa shape index (κ2) is 5.83. The lowest BCUT2D eigenvalue weighted by Crippen LogP contribution is -2.31. The Kier molecular flexibility index (Phi) is 4.64. The topological polar surface area (TPSA) is 21.3 Å². The second-order valence-corrected chi connectivity index (χ2v) is 7.26. The lowest BCUT2D eigenvalue weighted by molar-refractivity contribution is 0.0955. The minimum atomic E-state index is 0.358. The molecular weight excluding hydrogens is 298 g/mol. The molecule has 17 heavy (non-hydrogen) atoms. The summed E-state index contributed by atoms with van der Waals surface area (Å²) in [6.45, 7) is 8.47. The first-order valence-corrected chi connectivity index (χ1v) is 7.85. The van der Waals surface area contributed by atoms with Gasteiger partial charge in [-0.3, -0.25) is 0 Å². The molecule has 1 N–H and O–H groups in total. The van der Waals surface area contributed by atoms with Gasteiger partial charge in [-0.15, -0.1) is 11.3 Å². The van der Waals surface area contributed by atoms with Gasteiger partial charge in [-0.1, -0.05) is 6.92 Å². The van der Waals surface area contributed by atoms with Crippen LogP contribution in [0.5, 0.6) is 0 Å². The third kappa shape index (κ3) is 2.92. The largest absolute Gasteiger partial charge is 0.378 e. The summed E-state index contributed by atoms with van der Waals surface area (Å²) in [5, 5.41) is 3.63. The summed E-state index contributed by atoms with van der Waals surface area (Å²) in [6, 6.07) is 2.69. The van der Waals surface area contributed by atoms with Gasteiger partial charge in [0, 0.05) is 23.4 Å². The standard InChI is InChI=1S/C13H20BrNOS/c1-4-15-13(10-5-6-16-8(10)2)11-7-12(14)17-9(11)3/h7-8,10,13,15H,4-6H2,1-3H3. The van der Waals surface area contributed by atoms with E-state index in [1.54, 1.807) is 0 Å². The second-order valence-electron chi connectivity index (χ2n) is 4.63. The van der Waals surface area contributed by atoms with Gasteiger partial charge in [-0.25, -0.2) is 0 Å². The molecule has 1 aliphatic rings. The van der Waals surface area contributed by atoms with Gasteiger partial charge in [0.25, 0.3) is 0 Å². The predicted octanol–water partition coefficient (Wildman–Crippen LogP) is 3.89. The monoisotopic (exact) mass is 317 g/mol. The Morgan fingerprint density at radius 2 is 2.41 bits per heavy atom. The molecule has 2 rings (SSSR count). The average molecular weight is 318 g/mol. The van der Waals surface area contributed by atoms with Crippen molar-refractivity contribution in [2.45, 2.75) is 39.3 Å². The number of thiophene rings is 1. The molecule has 0 bridgehead atoms. The van der Waals surface area contributed by atoms with Crippen molar-refractivity contribution in [1.29, 1.82) is 0 Å². The van der Waals surface area contributed by atoms with Crippen molar-refractivity contribution >= 4 is 27.3 Å². The zero-order chi connectivity index (χ0) is 12.4. The molecule has 4 heteroatoms. The molecule has 2 nitrogen and oxygen atoms in total. The van der Waals surface area contributed by atoms with Crippen molar-refractivity contribution in [3.05, 3.63) is 20.3 Å². The molecule has 2 heterocycles. The Morgan fingerprint density at radius 3 is 2.88 bits per heavy atom. The molecule has 0 radical (unpaired) electrons. The van der Waals surface area contributed by atoms with Crippen LogP contribution in [0.25, 0.3) is 0 Å². The first-order chi connectivity index (χ1) is 8.13. The van der Waals surface area contributed by atoms with E-state index in [9.17, 15) is 0 Å². The van der Waals surface area contributed by atoms with E-state index in [2.05, 4.69) is 48.1 Å². The van der Waals surface area contributed by atoms with Gasteiger partial charge in [0.05, 0.1) is 9.89 Å². The summed E-state index contributed by atoms with van der Waals surface area (Å²) in [5.41, 5.74) is 1.44. The van der Waals surface area contributed by atoms with Crippen LogP contribution in [0, 0.1) is 12.8 Å². The van der Waals surface area contributed by atoms with Crippen molar-refractivity contribution in [3.63, 3.8) is 0 Å². The predicted molar refractivity (Wildman–Crippen MR) is 76.7 cm³/mol. The van der Waals surface area contributed by atoms with Gasteiger partial charge < -0.3 is 10.1 Å². The number of aryl methyl sites for hydroxylation is 1. The molecule has 0 aliphatic carbocycles. The van der Waals surface area contributed by atoms with E-state index in [1.165, 1.54) is 14.2 Å². The zero-order valence-corrected chi connectivity index (χ0v) is 13.0. The third-order valence-electron chi connectivity index (χ3n) is 3.55. The quantitative estimate of drug-likeness (QED) is 0.909. The highest BCUT2D eigenvalue weighted by Gasteiger charge is 2.33. The van der Waals surface area contributed by atoms with Gasteiger partial charge in [0.1, 0.15) is 0 Å². The Morgan fingerprint density at radius 1 is 1.65 bits per heavy atom. The number of hydrogen-bond acceptors (Lipinski definition) is 3. The minimum Gasteiger partial charge on any atom is -0.378 e. The molecule has 96 valence electrons. The van der Waals surface area contributed by atoms with Crippen LogP contribution in [0.15, 0.2) is 9.85 Å². The van der Waals surface area contributed by atoms with Crippen LogP contribution >= 0.6 is 27.3 Å². The fourth-order valence-electron chi connectivity index (χ4n) is 2.67. The van der Waals surface area contributed by atoms with Crippen LogP contribution < -0.4 is 5.32 Å². The van der Waals surface area contributed by atoms with E-state index in [1.807, 2.05) is 11.3 Å². The Labute approximate surface area is 116 Å². The summed E-state index contributed by atoms with van der Waals surface area (Å²) < 4.78 is 6.93. The molecule has 0 saturated carbocycles. The molecule has 0 amide bonds. The number of halogens is 1. The van der Waals surface area contributed by atoms with E-state index < -0.39 is 0 Å². The first-order valence-electron chi connectivity index (χ1n) is 6.24. The molecular formula is C13H20BrNOS. The summed E-state index contributed by atoms with van der Waals surface area (Å²) >= 11 is 5.40. The van der Waals surface area contributed by atoms with Crippen molar-refractivity contribution in [2.24, 2.45) is 5.92 Å². The fraction of sp³-hybridized carbons (Fsp3) is 0.692. The fourth-order valence-corrected chi connectivity index (χ4v) is 4.42. The zero-order valence-electron chi connectivity index (χ0n) is 10.6. The van der Waals surface area contributed by atoms with Gasteiger partial charge in [-0.05, 0) is 54.4 Å². The summed E-state index contributed by atoms with van der Waals surface area (Å²) in [7, 11) is 0. The Balaban J connectivity index is 2.25. The van der Waals surface area contributed by atoms with Crippen molar-refractivity contribution in [2.75, 3.05) is 13.2 Å².